The monoisotopic (exact) mass is 690 g/mol. The van der Waals surface area contributed by atoms with Gasteiger partial charge in [-0.25, -0.2) is 4.79 Å². The molecule has 6 rings (SSSR count). The lowest BCUT2D eigenvalue weighted by Gasteiger charge is -2.46. The average Bonchev–Trinajstić information content (AvgIpc) is 3.31. The summed E-state index contributed by atoms with van der Waals surface area (Å²) in [6.45, 7) is 8.18. The molecule has 3 aliphatic carbocycles. The summed E-state index contributed by atoms with van der Waals surface area (Å²) < 4.78 is 41.1. The number of carbonyl (C=O) groups excluding carboxylic acids is 2. The summed E-state index contributed by atoms with van der Waals surface area (Å²) in [7, 11) is 0. The number of hydrogen-bond acceptors (Lipinski definition) is 4. The van der Waals surface area contributed by atoms with Gasteiger partial charge in [0, 0.05) is 29.1 Å². The number of carbonyl (C=O) groups is 2. The molecule has 4 unspecified atom stereocenters. The third kappa shape index (κ3) is 8.32. The molecule has 3 aromatic carbocycles. The molecule has 0 heterocycles. The van der Waals surface area contributed by atoms with Gasteiger partial charge in [-0.05, 0) is 107 Å². The Morgan fingerprint density at radius 1 is 1.00 bits per heavy atom. The maximum atomic E-state index is 14.3. The normalized spacial score (nSPS) is 24.3. The number of hydrogen-bond donors (Lipinski definition) is 3. The number of allylic oxidation sites excluding steroid dienone is 2. The van der Waals surface area contributed by atoms with Gasteiger partial charge in [-0.1, -0.05) is 73.2 Å². The minimum atomic E-state index is -4.61. The van der Waals surface area contributed by atoms with Gasteiger partial charge in [-0.2, -0.15) is 13.2 Å². The van der Waals surface area contributed by atoms with Crippen LogP contribution in [0.3, 0.4) is 0 Å². The van der Waals surface area contributed by atoms with Gasteiger partial charge in [0.1, 0.15) is 0 Å². The highest BCUT2D eigenvalue weighted by atomic mass is 19.4. The summed E-state index contributed by atoms with van der Waals surface area (Å²) >= 11 is 0. The van der Waals surface area contributed by atoms with E-state index in [1.165, 1.54) is 12.1 Å². The molecule has 1 fully saturated rings. The molecule has 0 radical (unpaired) electrons. The van der Waals surface area contributed by atoms with Crippen LogP contribution in [0.2, 0.25) is 0 Å². The quantitative estimate of drug-likeness (QED) is 0.171. The molecule has 3 aromatic rings. The number of alkyl halides is 3. The van der Waals surface area contributed by atoms with E-state index in [4.69, 9.17) is 0 Å². The maximum Gasteiger partial charge on any atom is 0.416 e. The lowest BCUT2D eigenvalue weighted by Crippen LogP contribution is -2.55. The van der Waals surface area contributed by atoms with Crippen molar-refractivity contribution in [2.75, 3.05) is 6.54 Å². The minimum Gasteiger partial charge on any atom is -0.393 e. The molecule has 3 aliphatic rings. The Hall–Kier alpha value is -3.95. The Morgan fingerprint density at radius 2 is 1.74 bits per heavy atom. The van der Waals surface area contributed by atoms with Crippen molar-refractivity contribution in [1.29, 1.82) is 0 Å². The summed E-state index contributed by atoms with van der Waals surface area (Å²) in [5.74, 6) is -0.885. The number of nitrogens with one attached hydrogen (secondary N) is 1. The van der Waals surface area contributed by atoms with Crippen molar-refractivity contribution in [1.82, 2.24) is 10.2 Å². The van der Waals surface area contributed by atoms with Crippen LogP contribution in [0, 0.1) is 5.41 Å². The second-order valence-electron chi connectivity index (χ2n) is 14.8. The highest BCUT2D eigenvalue weighted by Gasteiger charge is 2.57. The van der Waals surface area contributed by atoms with Crippen molar-refractivity contribution in [3.63, 3.8) is 0 Å². The van der Waals surface area contributed by atoms with Crippen LogP contribution in [0.15, 0.2) is 84.4 Å². The van der Waals surface area contributed by atoms with Crippen molar-refractivity contribution < 1.29 is 33.0 Å². The van der Waals surface area contributed by atoms with Crippen LogP contribution < -0.4 is 5.32 Å². The first-order chi connectivity index (χ1) is 23.6. The van der Waals surface area contributed by atoms with Gasteiger partial charge >= 0.3 is 12.2 Å². The van der Waals surface area contributed by atoms with E-state index in [0.717, 1.165) is 23.3 Å². The van der Waals surface area contributed by atoms with Crippen LogP contribution in [0.25, 0.3) is 0 Å². The zero-order chi connectivity index (χ0) is 36.3. The molecule has 0 aromatic heterocycles. The molecule has 1 saturated carbocycles. The predicted octanol–water partition coefficient (Wildman–Crippen LogP) is 8.60. The second-order valence-corrected chi connectivity index (χ2v) is 14.8. The Labute approximate surface area is 293 Å². The number of rotatable bonds is 7. The molecule has 2 bridgehead atoms. The fraction of sp³-hybridized carbons (Fsp3) is 0.463. The number of nitrogens with zero attached hydrogens (tertiary/aromatic N) is 1. The molecular formula is C41H49F3N2O4. The molecular weight excluding hydrogens is 641 g/mol. The van der Waals surface area contributed by atoms with Crippen molar-refractivity contribution in [2.24, 2.45) is 5.41 Å². The van der Waals surface area contributed by atoms with Crippen LogP contribution in [0.5, 0.6) is 0 Å². The maximum absolute atomic E-state index is 14.3. The number of amides is 2. The fourth-order valence-electron chi connectivity index (χ4n) is 7.85. The van der Waals surface area contributed by atoms with Crippen molar-refractivity contribution in [3.05, 3.63) is 118 Å². The average molecular weight is 691 g/mol. The number of halogens is 3. The first-order valence-electron chi connectivity index (χ1n) is 17.6. The second kappa shape index (κ2) is 15.1. The van der Waals surface area contributed by atoms with Crippen LogP contribution in [-0.4, -0.2) is 51.2 Å². The van der Waals surface area contributed by atoms with E-state index in [-0.39, 0.29) is 42.2 Å². The molecule has 3 N–H and O–H groups in total. The molecule has 9 heteroatoms. The third-order valence-corrected chi connectivity index (χ3v) is 10.7. The number of urea groups is 1. The van der Waals surface area contributed by atoms with E-state index in [1.54, 1.807) is 11.0 Å². The highest BCUT2D eigenvalue weighted by Crippen LogP contribution is 2.59. The van der Waals surface area contributed by atoms with Crippen LogP contribution in [0.4, 0.5) is 18.0 Å². The Morgan fingerprint density at radius 3 is 2.44 bits per heavy atom. The third-order valence-electron chi connectivity index (χ3n) is 10.7. The summed E-state index contributed by atoms with van der Waals surface area (Å²) in [6, 6.07) is 19.1. The summed E-state index contributed by atoms with van der Waals surface area (Å²) in [5, 5.41) is 26.7. The van der Waals surface area contributed by atoms with Gasteiger partial charge in [-0.15, -0.1) is 0 Å². The van der Waals surface area contributed by atoms with E-state index in [1.807, 2.05) is 70.2 Å². The van der Waals surface area contributed by atoms with Crippen LogP contribution in [-0.2, 0) is 19.1 Å². The molecule has 0 aliphatic heterocycles. The Balaban J connectivity index is 1.61. The summed E-state index contributed by atoms with van der Waals surface area (Å²) in [5.41, 5.74) is 0.539. The van der Waals surface area contributed by atoms with Gasteiger partial charge in [-0.3, -0.25) is 4.79 Å². The van der Waals surface area contributed by atoms with E-state index >= 15 is 0 Å². The molecule has 50 heavy (non-hydrogen) atoms. The molecule has 4 atom stereocenters. The van der Waals surface area contributed by atoms with Crippen molar-refractivity contribution >= 4 is 11.8 Å². The lowest BCUT2D eigenvalue weighted by atomic mass is 9.64. The van der Waals surface area contributed by atoms with E-state index in [2.05, 4.69) is 11.4 Å². The first-order valence-corrected chi connectivity index (χ1v) is 17.6. The van der Waals surface area contributed by atoms with Gasteiger partial charge in [0.05, 0.1) is 23.8 Å². The zero-order valence-corrected chi connectivity index (χ0v) is 29.4. The van der Waals surface area contributed by atoms with Gasteiger partial charge in [0.15, 0.2) is 5.78 Å². The number of benzene rings is 3. The number of ketones is 1. The van der Waals surface area contributed by atoms with Crippen LogP contribution >= 0.6 is 0 Å². The molecule has 268 valence electrons. The zero-order valence-electron chi connectivity index (χ0n) is 29.4. The Kier molecular flexibility index (Phi) is 11.3. The first kappa shape index (κ1) is 37.3. The minimum absolute atomic E-state index is 0.0529. The largest absolute Gasteiger partial charge is 0.416 e. The summed E-state index contributed by atoms with van der Waals surface area (Å²) in [4.78, 5) is 29.6. The molecule has 6 nitrogen and oxygen atoms in total. The summed E-state index contributed by atoms with van der Waals surface area (Å²) in [6.07, 6.45) is 0.396. The Bertz CT molecular complexity index is 1710. The topological polar surface area (TPSA) is 89.9 Å². The fourth-order valence-corrected chi connectivity index (χ4v) is 7.85. The molecule has 0 spiro atoms. The predicted molar refractivity (Wildman–Crippen MR) is 189 cm³/mol. The highest BCUT2D eigenvalue weighted by molar-refractivity contribution is 6.10. The van der Waals surface area contributed by atoms with Gasteiger partial charge in [0.2, 0.25) is 0 Å². The van der Waals surface area contributed by atoms with Gasteiger partial charge in [0.25, 0.3) is 0 Å². The van der Waals surface area contributed by atoms with Crippen molar-refractivity contribution in [3.8, 4) is 0 Å². The lowest BCUT2D eigenvalue weighted by molar-refractivity contribution is -0.137. The smallest absolute Gasteiger partial charge is 0.393 e. The SMILES string of the molecule is CC1=CCCC2(C)C(CCC2(O)CN(Cc2ccccc2)C(=O)NC(C)C)c2ccc(cc2C(=O)c2cccc(C(F)(F)F)c2)CC(O)CC1. The van der Waals surface area contributed by atoms with Crippen molar-refractivity contribution in [2.45, 2.75) is 109 Å². The molecule has 0 saturated heterocycles. The molecule has 2 amide bonds. The van der Waals surface area contributed by atoms with E-state index in [0.29, 0.717) is 56.1 Å². The van der Waals surface area contributed by atoms with E-state index < -0.39 is 34.6 Å². The van der Waals surface area contributed by atoms with Crippen LogP contribution in [0.1, 0.15) is 110 Å². The number of aliphatic hydroxyl groups is 2. The standard InChI is InChI=1S/C41H49F3N2O4/c1-27(2)45-38(49)46(25-29-11-6-5-7-12-29)26-40(50)21-19-36-34-18-16-30(22-33(47)17-15-28(3)10-9-20-39(36,40)4)23-35(34)37(48)31-13-8-14-32(24-31)41(42,43)44/h5-8,10-14,16,18,23-24,27,33,36,47,50H,9,15,17,19-22,25-26H2,1-4H3,(H,45,49). The number of fused-ring (bicyclic) bond motifs is 8. The number of aliphatic hydroxyl groups excluding tert-OH is 1. The van der Waals surface area contributed by atoms with Gasteiger partial charge < -0.3 is 20.4 Å². The van der Waals surface area contributed by atoms with E-state index in [9.17, 15) is 33.0 Å².